The summed E-state index contributed by atoms with van der Waals surface area (Å²) in [5, 5.41) is 9.81. The Hall–Kier alpha value is -0.563. The summed E-state index contributed by atoms with van der Waals surface area (Å²) in [6.07, 6.45) is -0.662. The van der Waals surface area contributed by atoms with Crippen LogP contribution in [0.3, 0.4) is 0 Å². The second-order valence-electron chi connectivity index (χ2n) is 4.47. The van der Waals surface area contributed by atoms with Gasteiger partial charge in [0.25, 0.3) is 0 Å². The van der Waals surface area contributed by atoms with Crippen molar-refractivity contribution in [2.24, 2.45) is 0 Å². The maximum absolute atomic E-state index is 9.81. The molecule has 1 nitrogen and oxygen atoms in total. The van der Waals surface area contributed by atoms with E-state index >= 15 is 0 Å². The van der Waals surface area contributed by atoms with E-state index in [0.717, 1.165) is 10.0 Å². The van der Waals surface area contributed by atoms with Crippen molar-refractivity contribution in [1.82, 2.24) is 0 Å². The van der Waals surface area contributed by atoms with Crippen LogP contribution < -0.4 is 0 Å². The van der Waals surface area contributed by atoms with Crippen molar-refractivity contribution in [2.75, 3.05) is 0 Å². The van der Waals surface area contributed by atoms with Crippen LogP contribution >= 0.6 is 15.9 Å². The maximum atomic E-state index is 9.81. The van der Waals surface area contributed by atoms with E-state index in [1.165, 1.54) is 0 Å². The van der Waals surface area contributed by atoms with Crippen LogP contribution in [0.15, 0.2) is 28.7 Å². The first-order chi connectivity index (χ1) is 6.88. The Balaban J connectivity index is 2.80. The van der Waals surface area contributed by atoms with Crippen molar-refractivity contribution < 1.29 is 5.11 Å². The predicted molar refractivity (Wildman–Crippen MR) is 70.2 cm³/mol. The number of hydrogen-bond donors (Lipinski definition) is 1. The van der Waals surface area contributed by atoms with Gasteiger partial charge in [-0.2, -0.15) is 0 Å². The van der Waals surface area contributed by atoms with Gasteiger partial charge in [0.05, 0.1) is 0 Å². The van der Waals surface area contributed by atoms with Crippen LogP contribution in [0.1, 0.15) is 11.7 Å². The minimum absolute atomic E-state index is 0.662. The molecule has 1 aromatic rings. The summed E-state index contributed by atoms with van der Waals surface area (Å²) in [7, 11) is -1.39. The van der Waals surface area contributed by atoms with Crippen LogP contribution in [0.4, 0.5) is 0 Å². The molecule has 1 atom stereocenters. The molecular weight excluding hydrogens is 268 g/mol. The molecule has 80 valence electrons. The Morgan fingerprint density at radius 3 is 2.20 bits per heavy atom. The standard InChI is InChI=1S/C12H15BrOSi/c1-15(2,3)9-8-12(14)10-4-6-11(13)7-5-10/h4-7,12,14H,1-3H3. The van der Waals surface area contributed by atoms with E-state index in [-0.39, 0.29) is 0 Å². The molecule has 0 aliphatic carbocycles. The summed E-state index contributed by atoms with van der Waals surface area (Å²) >= 11 is 3.35. The first-order valence-electron chi connectivity index (χ1n) is 4.85. The van der Waals surface area contributed by atoms with Crippen LogP contribution in [0.2, 0.25) is 19.6 Å². The van der Waals surface area contributed by atoms with E-state index in [4.69, 9.17) is 0 Å². The van der Waals surface area contributed by atoms with Crippen LogP contribution in [0.5, 0.6) is 0 Å². The Morgan fingerprint density at radius 1 is 1.20 bits per heavy atom. The second kappa shape index (κ2) is 4.98. The van der Waals surface area contributed by atoms with E-state index in [1.807, 2.05) is 24.3 Å². The number of hydrogen-bond acceptors (Lipinski definition) is 1. The Bertz CT molecular complexity index is 381. The lowest BCUT2D eigenvalue weighted by Gasteiger charge is -2.07. The maximum Gasteiger partial charge on any atom is 0.139 e. The lowest BCUT2D eigenvalue weighted by molar-refractivity contribution is 0.238. The normalized spacial score (nSPS) is 12.9. The average Bonchev–Trinajstić information content (AvgIpc) is 2.14. The van der Waals surface area contributed by atoms with Crippen LogP contribution in [-0.4, -0.2) is 13.2 Å². The molecule has 0 bridgehead atoms. The zero-order valence-electron chi connectivity index (χ0n) is 9.21. The second-order valence-corrected chi connectivity index (χ2v) is 10.1. The number of benzene rings is 1. The summed E-state index contributed by atoms with van der Waals surface area (Å²) in [5.41, 5.74) is 4.01. The Kier molecular flexibility index (Phi) is 4.15. The highest BCUT2D eigenvalue weighted by Gasteiger charge is 2.09. The molecule has 1 unspecified atom stereocenters. The molecule has 0 radical (unpaired) electrons. The zero-order valence-corrected chi connectivity index (χ0v) is 11.8. The number of rotatable bonds is 1. The quantitative estimate of drug-likeness (QED) is 0.619. The van der Waals surface area contributed by atoms with Gasteiger partial charge >= 0.3 is 0 Å². The van der Waals surface area contributed by atoms with Gasteiger partial charge in [0.1, 0.15) is 14.2 Å². The molecule has 0 saturated heterocycles. The van der Waals surface area contributed by atoms with Gasteiger partial charge in [-0.25, -0.2) is 0 Å². The number of halogens is 1. The summed E-state index contributed by atoms with van der Waals surface area (Å²) in [6, 6.07) is 7.59. The summed E-state index contributed by atoms with van der Waals surface area (Å²) in [5.74, 6) is 2.91. The largest absolute Gasteiger partial charge is 0.376 e. The van der Waals surface area contributed by atoms with E-state index in [9.17, 15) is 5.11 Å². The van der Waals surface area contributed by atoms with E-state index < -0.39 is 14.2 Å². The molecule has 1 aromatic carbocycles. The third-order valence-electron chi connectivity index (χ3n) is 1.77. The smallest absolute Gasteiger partial charge is 0.139 e. The molecule has 1 rings (SSSR count). The lowest BCUT2D eigenvalue weighted by atomic mass is 10.1. The highest BCUT2D eigenvalue weighted by molar-refractivity contribution is 9.10. The van der Waals surface area contributed by atoms with Gasteiger partial charge in [-0.05, 0) is 17.7 Å². The third-order valence-corrected chi connectivity index (χ3v) is 3.19. The molecule has 0 heterocycles. The highest BCUT2D eigenvalue weighted by Crippen LogP contribution is 2.16. The van der Waals surface area contributed by atoms with Crippen LogP contribution in [-0.2, 0) is 0 Å². The molecule has 0 saturated carbocycles. The molecule has 3 heteroatoms. The topological polar surface area (TPSA) is 20.2 Å². The Labute approximate surface area is 101 Å². The summed E-state index contributed by atoms with van der Waals surface area (Å²) in [4.78, 5) is 0. The Morgan fingerprint density at radius 2 is 1.73 bits per heavy atom. The number of aliphatic hydroxyl groups is 1. The van der Waals surface area contributed by atoms with Gasteiger partial charge in [-0.1, -0.05) is 53.6 Å². The fourth-order valence-electron chi connectivity index (χ4n) is 1.01. The minimum Gasteiger partial charge on any atom is -0.376 e. The van der Waals surface area contributed by atoms with Gasteiger partial charge in [-0.3, -0.25) is 0 Å². The van der Waals surface area contributed by atoms with Crippen molar-refractivity contribution >= 4 is 24.0 Å². The first kappa shape index (κ1) is 12.5. The molecule has 0 aliphatic rings. The summed E-state index contributed by atoms with van der Waals surface area (Å²) in [6.45, 7) is 6.48. The van der Waals surface area contributed by atoms with Crippen LogP contribution in [0.25, 0.3) is 0 Å². The van der Waals surface area contributed by atoms with Crippen molar-refractivity contribution in [3.05, 3.63) is 34.3 Å². The SMILES string of the molecule is C[Si](C)(C)C#CC(O)c1ccc(Br)cc1. The van der Waals surface area contributed by atoms with Crippen molar-refractivity contribution in [1.29, 1.82) is 0 Å². The minimum atomic E-state index is -1.39. The first-order valence-corrected chi connectivity index (χ1v) is 9.14. The lowest BCUT2D eigenvalue weighted by Crippen LogP contribution is -2.16. The zero-order chi connectivity index (χ0) is 11.5. The molecule has 0 fully saturated rings. The molecule has 0 aromatic heterocycles. The molecule has 0 amide bonds. The average molecular weight is 283 g/mol. The van der Waals surface area contributed by atoms with Gasteiger partial charge < -0.3 is 5.11 Å². The van der Waals surface area contributed by atoms with Crippen molar-refractivity contribution in [3.63, 3.8) is 0 Å². The summed E-state index contributed by atoms with van der Waals surface area (Å²) < 4.78 is 1.01. The monoisotopic (exact) mass is 282 g/mol. The third kappa shape index (κ3) is 4.65. The van der Waals surface area contributed by atoms with Gasteiger partial charge in [-0.15, -0.1) is 5.54 Å². The predicted octanol–water partition coefficient (Wildman–Crippen LogP) is 3.36. The van der Waals surface area contributed by atoms with E-state index in [2.05, 4.69) is 47.0 Å². The highest BCUT2D eigenvalue weighted by atomic mass is 79.9. The fourth-order valence-corrected chi connectivity index (χ4v) is 1.85. The van der Waals surface area contributed by atoms with Crippen LogP contribution in [0, 0.1) is 11.5 Å². The van der Waals surface area contributed by atoms with Crippen molar-refractivity contribution in [2.45, 2.75) is 25.7 Å². The van der Waals surface area contributed by atoms with Gasteiger partial charge in [0.15, 0.2) is 0 Å². The molecular formula is C12H15BrOSi. The van der Waals surface area contributed by atoms with E-state index in [0.29, 0.717) is 0 Å². The van der Waals surface area contributed by atoms with Gasteiger partial charge in [0.2, 0.25) is 0 Å². The molecule has 1 N–H and O–H groups in total. The fraction of sp³-hybridized carbons (Fsp3) is 0.333. The molecule has 0 aliphatic heterocycles. The number of aliphatic hydroxyl groups excluding tert-OH is 1. The van der Waals surface area contributed by atoms with E-state index in [1.54, 1.807) is 0 Å². The van der Waals surface area contributed by atoms with Crippen molar-refractivity contribution in [3.8, 4) is 11.5 Å². The molecule has 0 spiro atoms. The van der Waals surface area contributed by atoms with Gasteiger partial charge in [0, 0.05) is 4.47 Å². The molecule has 15 heavy (non-hydrogen) atoms.